The maximum atomic E-state index is 12.6. The number of rotatable bonds is 3. The van der Waals surface area contributed by atoms with Crippen LogP contribution in [0, 0.1) is 0 Å². The summed E-state index contributed by atoms with van der Waals surface area (Å²) in [6.07, 6.45) is 1.62. The Morgan fingerprint density at radius 1 is 1.13 bits per heavy atom. The first kappa shape index (κ1) is 13.6. The first-order chi connectivity index (χ1) is 11.3. The molecule has 4 rings (SSSR count). The minimum atomic E-state index is -0.102. The Morgan fingerprint density at radius 3 is 2.74 bits per heavy atom. The lowest BCUT2D eigenvalue weighted by Gasteiger charge is -2.04. The molecule has 5 nitrogen and oxygen atoms in total. The van der Waals surface area contributed by atoms with Crippen LogP contribution in [0.15, 0.2) is 59.5 Å². The van der Waals surface area contributed by atoms with Gasteiger partial charge in [-0.2, -0.15) is 0 Å². The molecule has 2 heterocycles. The van der Waals surface area contributed by atoms with Crippen LogP contribution in [-0.4, -0.2) is 21.4 Å². The van der Waals surface area contributed by atoms with Crippen LogP contribution in [0.25, 0.3) is 27.5 Å². The van der Waals surface area contributed by atoms with Gasteiger partial charge in [0, 0.05) is 17.6 Å². The molecule has 1 N–H and O–H groups in total. The Balaban J connectivity index is 1.98. The Bertz CT molecular complexity index is 1050. The highest BCUT2D eigenvalue weighted by molar-refractivity contribution is 6.03. The van der Waals surface area contributed by atoms with E-state index < -0.39 is 0 Å². The van der Waals surface area contributed by atoms with Crippen molar-refractivity contribution in [3.63, 3.8) is 0 Å². The zero-order valence-electron chi connectivity index (χ0n) is 12.6. The molecule has 0 saturated carbocycles. The lowest BCUT2D eigenvalue weighted by molar-refractivity contribution is 0.340. The number of benzene rings is 2. The summed E-state index contributed by atoms with van der Waals surface area (Å²) in [4.78, 5) is 17.0. The van der Waals surface area contributed by atoms with E-state index in [0.29, 0.717) is 12.0 Å². The monoisotopic (exact) mass is 305 g/mol. The largest absolute Gasteiger partial charge is 0.494 e. The molecule has 0 bridgehead atoms. The molecule has 0 atom stereocenters. The van der Waals surface area contributed by atoms with Gasteiger partial charge in [0.05, 0.1) is 28.7 Å². The van der Waals surface area contributed by atoms with Crippen LogP contribution in [0.5, 0.6) is 5.75 Å². The number of aromatic nitrogens is 3. The molecular formula is C18H15N3O2. The third-order valence-corrected chi connectivity index (χ3v) is 3.82. The van der Waals surface area contributed by atoms with Crippen molar-refractivity contribution < 1.29 is 4.74 Å². The van der Waals surface area contributed by atoms with Gasteiger partial charge >= 0.3 is 0 Å². The van der Waals surface area contributed by atoms with Crippen molar-refractivity contribution in [3.8, 4) is 11.4 Å². The number of H-pyrrole nitrogens is 1. The van der Waals surface area contributed by atoms with E-state index >= 15 is 0 Å². The van der Waals surface area contributed by atoms with Crippen molar-refractivity contribution in [2.45, 2.75) is 6.92 Å². The van der Waals surface area contributed by atoms with Gasteiger partial charge in [0.15, 0.2) is 0 Å². The minimum absolute atomic E-state index is 0.102. The lowest BCUT2D eigenvalue weighted by atomic mass is 10.1. The molecule has 2 aromatic heterocycles. The Morgan fingerprint density at radius 2 is 1.96 bits per heavy atom. The third-order valence-electron chi connectivity index (χ3n) is 3.82. The number of pyridine rings is 1. The van der Waals surface area contributed by atoms with Gasteiger partial charge in [0.25, 0.3) is 5.56 Å². The van der Waals surface area contributed by atoms with Crippen LogP contribution in [0.4, 0.5) is 0 Å². The lowest BCUT2D eigenvalue weighted by Crippen LogP contribution is -2.13. The highest BCUT2D eigenvalue weighted by atomic mass is 16.5. The number of aromatic amines is 1. The number of hydrogen-bond acceptors (Lipinski definition) is 3. The highest BCUT2D eigenvalue weighted by Crippen LogP contribution is 2.24. The van der Waals surface area contributed by atoms with Gasteiger partial charge in [-0.15, -0.1) is 0 Å². The molecule has 0 unspecified atom stereocenters. The summed E-state index contributed by atoms with van der Waals surface area (Å²) in [6, 6.07) is 15.2. The van der Waals surface area contributed by atoms with Crippen molar-refractivity contribution >= 4 is 21.8 Å². The van der Waals surface area contributed by atoms with Crippen molar-refractivity contribution in [1.82, 2.24) is 14.8 Å². The molecule has 0 radical (unpaired) electrons. The molecule has 0 amide bonds. The van der Waals surface area contributed by atoms with E-state index in [1.54, 1.807) is 10.9 Å². The quantitative estimate of drug-likeness (QED) is 0.632. The fourth-order valence-electron chi connectivity index (χ4n) is 2.75. The summed E-state index contributed by atoms with van der Waals surface area (Å²) in [7, 11) is 0. The average molecular weight is 305 g/mol. The number of ether oxygens (including phenoxy) is 1. The van der Waals surface area contributed by atoms with Crippen LogP contribution < -0.4 is 10.3 Å². The van der Waals surface area contributed by atoms with Crippen molar-refractivity contribution in [2.75, 3.05) is 6.61 Å². The molecule has 0 aliphatic carbocycles. The molecular weight excluding hydrogens is 290 g/mol. The molecule has 0 aliphatic rings. The van der Waals surface area contributed by atoms with Gasteiger partial charge in [0.2, 0.25) is 0 Å². The molecule has 4 aromatic rings. The molecule has 23 heavy (non-hydrogen) atoms. The summed E-state index contributed by atoms with van der Waals surface area (Å²) in [5.74, 6) is 0.775. The molecule has 0 saturated heterocycles. The summed E-state index contributed by atoms with van der Waals surface area (Å²) >= 11 is 0. The standard InChI is InChI=1S/C18H15N3O2/c1-2-23-13-8-9-14-16(10-13)19-11-15-17(14)20-21(18(15)22)12-6-4-3-5-7-12/h3-11,20H,2H2,1H3. The second-order valence-electron chi connectivity index (χ2n) is 5.25. The van der Waals surface area contributed by atoms with E-state index in [-0.39, 0.29) is 5.56 Å². The van der Waals surface area contributed by atoms with E-state index in [0.717, 1.165) is 27.9 Å². The summed E-state index contributed by atoms with van der Waals surface area (Å²) < 4.78 is 7.05. The van der Waals surface area contributed by atoms with E-state index in [9.17, 15) is 4.79 Å². The van der Waals surface area contributed by atoms with Crippen molar-refractivity contribution in [3.05, 3.63) is 65.1 Å². The van der Waals surface area contributed by atoms with Crippen LogP contribution in [-0.2, 0) is 0 Å². The second kappa shape index (κ2) is 5.28. The number of para-hydroxylation sites is 1. The fourth-order valence-corrected chi connectivity index (χ4v) is 2.75. The normalized spacial score (nSPS) is 11.2. The van der Waals surface area contributed by atoms with Gasteiger partial charge in [0.1, 0.15) is 5.75 Å². The van der Waals surface area contributed by atoms with E-state index in [2.05, 4.69) is 10.1 Å². The summed E-state index contributed by atoms with van der Waals surface area (Å²) in [5.41, 5.74) is 2.28. The van der Waals surface area contributed by atoms with Gasteiger partial charge in [-0.3, -0.25) is 14.9 Å². The second-order valence-corrected chi connectivity index (χ2v) is 5.25. The van der Waals surface area contributed by atoms with Crippen LogP contribution >= 0.6 is 0 Å². The van der Waals surface area contributed by atoms with Gasteiger partial charge in [-0.25, -0.2) is 4.68 Å². The molecule has 0 aliphatic heterocycles. The van der Waals surface area contributed by atoms with Crippen molar-refractivity contribution in [2.24, 2.45) is 0 Å². The minimum Gasteiger partial charge on any atom is -0.494 e. The van der Waals surface area contributed by atoms with Gasteiger partial charge in [-0.05, 0) is 31.2 Å². The first-order valence-electron chi connectivity index (χ1n) is 7.49. The van der Waals surface area contributed by atoms with Gasteiger partial charge < -0.3 is 4.74 Å². The summed E-state index contributed by atoms with van der Waals surface area (Å²) in [6.45, 7) is 2.55. The number of nitrogens with zero attached hydrogens (tertiary/aromatic N) is 2. The van der Waals surface area contributed by atoms with E-state index in [4.69, 9.17) is 4.74 Å². The maximum Gasteiger partial charge on any atom is 0.280 e. The zero-order valence-corrected chi connectivity index (χ0v) is 12.6. The molecule has 2 aromatic carbocycles. The molecule has 114 valence electrons. The Kier molecular flexibility index (Phi) is 3.12. The maximum absolute atomic E-state index is 12.6. The van der Waals surface area contributed by atoms with Crippen LogP contribution in [0.2, 0.25) is 0 Å². The molecule has 5 heteroatoms. The predicted molar refractivity (Wildman–Crippen MR) is 90.4 cm³/mol. The van der Waals surface area contributed by atoms with E-state index in [1.807, 2.05) is 55.5 Å². The summed E-state index contributed by atoms with van der Waals surface area (Å²) in [5, 5.41) is 4.67. The first-order valence-corrected chi connectivity index (χ1v) is 7.49. The number of fused-ring (bicyclic) bond motifs is 3. The zero-order chi connectivity index (χ0) is 15.8. The number of nitrogens with one attached hydrogen (secondary N) is 1. The smallest absolute Gasteiger partial charge is 0.280 e. The number of hydrogen-bond donors (Lipinski definition) is 1. The van der Waals surface area contributed by atoms with Crippen molar-refractivity contribution in [1.29, 1.82) is 0 Å². The topological polar surface area (TPSA) is 59.9 Å². The average Bonchev–Trinajstić information content (AvgIpc) is 2.93. The van der Waals surface area contributed by atoms with Crippen LogP contribution in [0.3, 0.4) is 0 Å². The van der Waals surface area contributed by atoms with Crippen LogP contribution in [0.1, 0.15) is 6.92 Å². The van der Waals surface area contributed by atoms with Gasteiger partial charge in [-0.1, -0.05) is 18.2 Å². The molecule has 0 spiro atoms. The molecule has 0 fully saturated rings. The highest BCUT2D eigenvalue weighted by Gasteiger charge is 2.12. The SMILES string of the molecule is CCOc1ccc2c(c1)ncc1c(=O)n(-c3ccccc3)[nH]c12. The third kappa shape index (κ3) is 2.17. The van der Waals surface area contributed by atoms with E-state index in [1.165, 1.54) is 0 Å². The fraction of sp³-hybridized carbons (Fsp3) is 0.111. The Labute approximate surface area is 132 Å². The predicted octanol–water partition coefficient (Wildman–Crippen LogP) is 3.27. The Hall–Kier alpha value is -3.08.